The number of phenolic OH excluding ortho intramolecular Hbond substituents is 2. The van der Waals surface area contributed by atoms with Crippen molar-refractivity contribution in [3.63, 3.8) is 0 Å². The Morgan fingerprint density at radius 1 is 0.912 bits per heavy atom. The number of anilines is 3. The number of Topliss-reactive ketones (excluding diaryl/α,β-unsaturated/α-hetero) is 1. The van der Waals surface area contributed by atoms with Crippen LogP contribution in [0.2, 0.25) is 0 Å². The van der Waals surface area contributed by atoms with E-state index in [-0.39, 0.29) is 33.9 Å². The van der Waals surface area contributed by atoms with Gasteiger partial charge in [0.25, 0.3) is 0 Å². The summed E-state index contributed by atoms with van der Waals surface area (Å²) in [5, 5.41) is 27.9. The van der Waals surface area contributed by atoms with Gasteiger partial charge in [-0.05, 0) is 50.6 Å². The van der Waals surface area contributed by atoms with Crippen LogP contribution in [0, 0.1) is 0 Å². The van der Waals surface area contributed by atoms with Gasteiger partial charge in [0.1, 0.15) is 5.75 Å². The van der Waals surface area contributed by atoms with Gasteiger partial charge >= 0.3 is 0 Å². The van der Waals surface area contributed by atoms with Crippen molar-refractivity contribution in [1.29, 1.82) is 0 Å². The number of carbonyl (C=O) groups is 2. The van der Waals surface area contributed by atoms with Crippen molar-refractivity contribution in [2.24, 2.45) is 0 Å². The molecule has 3 aromatic carbocycles. The van der Waals surface area contributed by atoms with Crippen molar-refractivity contribution < 1.29 is 19.8 Å². The molecule has 6 nitrogen and oxygen atoms in total. The highest BCUT2D eigenvalue weighted by atomic mass is 16.3. The lowest BCUT2D eigenvalue weighted by atomic mass is 9.83. The number of nitrogens with one attached hydrogen (secondary N) is 2. The number of rotatable bonds is 7. The van der Waals surface area contributed by atoms with E-state index in [0.29, 0.717) is 12.1 Å². The van der Waals surface area contributed by atoms with Gasteiger partial charge in [-0.1, -0.05) is 48.0 Å². The Labute approximate surface area is 198 Å². The molecular weight excluding hydrogens is 428 g/mol. The molecule has 0 bridgehead atoms. The van der Waals surface area contributed by atoms with Crippen LogP contribution in [0.5, 0.6) is 11.5 Å². The number of allylic oxidation sites excluding steroid dienone is 2. The van der Waals surface area contributed by atoms with E-state index in [1.54, 1.807) is 12.1 Å². The van der Waals surface area contributed by atoms with Crippen LogP contribution in [0.15, 0.2) is 90.0 Å². The van der Waals surface area contributed by atoms with E-state index < -0.39 is 17.6 Å². The fourth-order valence-electron chi connectivity index (χ4n) is 3.94. The van der Waals surface area contributed by atoms with Crippen LogP contribution in [0.3, 0.4) is 0 Å². The summed E-state index contributed by atoms with van der Waals surface area (Å²) < 4.78 is 0. The molecular formula is C28H26N2O4. The van der Waals surface area contributed by atoms with Crippen LogP contribution in [0.25, 0.3) is 0 Å². The molecule has 1 aliphatic carbocycles. The topological polar surface area (TPSA) is 98.7 Å². The first-order chi connectivity index (χ1) is 16.3. The van der Waals surface area contributed by atoms with Gasteiger partial charge in [-0.25, -0.2) is 0 Å². The van der Waals surface area contributed by atoms with E-state index >= 15 is 0 Å². The average Bonchev–Trinajstić information content (AvgIpc) is 2.82. The smallest absolute Gasteiger partial charge is 0.195 e. The Morgan fingerprint density at radius 2 is 1.53 bits per heavy atom. The van der Waals surface area contributed by atoms with Crippen LogP contribution in [0.4, 0.5) is 17.1 Å². The Balaban J connectivity index is 1.76. The van der Waals surface area contributed by atoms with Crippen LogP contribution in [-0.4, -0.2) is 27.8 Å². The van der Waals surface area contributed by atoms with Gasteiger partial charge in [-0.2, -0.15) is 0 Å². The third-order valence-electron chi connectivity index (χ3n) is 5.61. The van der Waals surface area contributed by atoms with E-state index in [0.717, 1.165) is 11.3 Å². The number of ketones is 2. The van der Waals surface area contributed by atoms with Crippen LogP contribution < -0.4 is 10.6 Å². The first-order valence-electron chi connectivity index (χ1n) is 11.0. The molecule has 0 heterocycles. The van der Waals surface area contributed by atoms with Crippen molar-refractivity contribution in [3.05, 3.63) is 101 Å². The molecule has 0 saturated heterocycles. The van der Waals surface area contributed by atoms with E-state index in [2.05, 4.69) is 10.6 Å². The summed E-state index contributed by atoms with van der Waals surface area (Å²) in [6.45, 7) is 3.92. The number of para-hydroxylation sites is 2. The van der Waals surface area contributed by atoms with E-state index in [9.17, 15) is 19.8 Å². The number of aromatic hydroxyl groups is 2. The SMILES string of the molecule is CC(C)=CCC(Nc1ccccc1)C1=CC(=O)c2c(O)cc(Nc3ccccc3)c(O)c2C1=O. The molecule has 6 heteroatoms. The summed E-state index contributed by atoms with van der Waals surface area (Å²) in [7, 11) is 0. The molecule has 0 aliphatic heterocycles. The number of fused-ring (bicyclic) bond motifs is 1. The molecule has 1 unspecified atom stereocenters. The van der Waals surface area contributed by atoms with Crippen molar-refractivity contribution in [1.82, 2.24) is 0 Å². The summed E-state index contributed by atoms with van der Waals surface area (Å²) in [6.07, 6.45) is 3.71. The zero-order chi connectivity index (χ0) is 24.2. The average molecular weight is 455 g/mol. The molecule has 3 aromatic rings. The van der Waals surface area contributed by atoms with Crippen molar-refractivity contribution >= 4 is 28.6 Å². The maximum absolute atomic E-state index is 13.6. The first kappa shape index (κ1) is 22.9. The fourth-order valence-corrected chi connectivity index (χ4v) is 3.94. The Hall–Kier alpha value is -4.32. The van der Waals surface area contributed by atoms with Crippen LogP contribution in [0.1, 0.15) is 41.0 Å². The summed E-state index contributed by atoms with van der Waals surface area (Å²) in [5.74, 6) is -1.77. The minimum atomic E-state index is -0.527. The Bertz CT molecular complexity index is 1290. The van der Waals surface area contributed by atoms with Gasteiger partial charge in [0.2, 0.25) is 0 Å². The van der Waals surface area contributed by atoms with Gasteiger partial charge in [0.05, 0.1) is 22.9 Å². The summed E-state index contributed by atoms with van der Waals surface area (Å²) in [5.41, 5.74) is 2.52. The molecule has 0 saturated carbocycles. The first-order valence-corrected chi connectivity index (χ1v) is 11.0. The van der Waals surface area contributed by atoms with Gasteiger partial charge in [-0.15, -0.1) is 0 Å². The number of hydrogen-bond donors (Lipinski definition) is 4. The van der Waals surface area contributed by atoms with Crippen molar-refractivity contribution in [3.8, 4) is 11.5 Å². The molecule has 0 aromatic heterocycles. The summed E-state index contributed by atoms with van der Waals surface area (Å²) in [6, 6.07) is 19.2. The lowest BCUT2D eigenvalue weighted by molar-refractivity contribution is 0.0975. The predicted octanol–water partition coefficient (Wildman–Crippen LogP) is 5.98. The van der Waals surface area contributed by atoms with Gasteiger partial charge in [-0.3, -0.25) is 9.59 Å². The minimum absolute atomic E-state index is 0.140. The minimum Gasteiger partial charge on any atom is -0.507 e. The number of phenols is 2. The van der Waals surface area contributed by atoms with Crippen LogP contribution in [-0.2, 0) is 0 Å². The highest BCUT2D eigenvalue weighted by Crippen LogP contribution is 2.42. The van der Waals surface area contributed by atoms with Gasteiger partial charge in [0.15, 0.2) is 17.3 Å². The fraction of sp³-hybridized carbons (Fsp3) is 0.143. The molecule has 1 aliphatic rings. The molecule has 0 amide bonds. The third kappa shape index (κ3) is 4.71. The lowest BCUT2D eigenvalue weighted by Crippen LogP contribution is -2.30. The zero-order valence-electron chi connectivity index (χ0n) is 19.0. The molecule has 4 N–H and O–H groups in total. The molecule has 0 fully saturated rings. The molecule has 4 rings (SSSR count). The number of hydrogen-bond acceptors (Lipinski definition) is 6. The van der Waals surface area contributed by atoms with Crippen LogP contribution >= 0.6 is 0 Å². The van der Waals surface area contributed by atoms with Gasteiger partial charge < -0.3 is 20.8 Å². The van der Waals surface area contributed by atoms with E-state index in [4.69, 9.17) is 0 Å². The Morgan fingerprint density at radius 3 is 2.15 bits per heavy atom. The second kappa shape index (κ2) is 9.67. The number of carbonyl (C=O) groups excluding carboxylic acids is 2. The number of benzene rings is 3. The molecule has 0 spiro atoms. The molecule has 172 valence electrons. The Kier molecular flexibility index (Phi) is 6.50. The zero-order valence-corrected chi connectivity index (χ0v) is 19.0. The molecule has 0 radical (unpaired) electrons. The van der Waals surface area contributed by atoms with E-state index in [1.807, 2.05) is 68.5 Å². The maximum Gasteiger partial charge on any atom is 0.195 e. The molecule has 34 heavy (non-hydrogen) atoms. The summed E-state index contributed by atoms with van der Waals surface area (Å²) in [4.78, 5) is 26.7. The third-order valence-corrected chi connectivity index (χ3v) is 5.61. The summed E-state index contributed by atoms with van der Waals surface area (Å²) >= 11 is 0. The van der Waals surface area contributed by atoms with E-state index in [1.165, 1.54) is 12.1 Å². The lowest BCUT2D eigenvalue weighted by Gasteiger charge is -2.26. The van der Waals surface area contributed by atoms with Crippen molar-refractivity contribution in [2.45, 2.75) is 26.3 Å². The predicted molar refractivity (Wildman–Crippen MR) is 134 cm³/mol. The monoisotopic (exact) mass is 454 g/mol. The standard InChI is InChI=1S/C28H26N2O4/c1-17(2)13-14-21(29-18-9-5-3-6-10-18)20-15-23(31)25-24(32)16-22(28(34)26(25)27(20)33)30-19-11-7-4-8-12-19/h3-13,15-16,21,29-30,32,34H,14H2,1-2H3. The van der Waals surface area contributed by atoms with Gasteiger partial charge in [0, 0.05) is 23.0 Å². The molecule has 1 atom stereocenters. The highest BCUT2D eigenvalue weighted by Gasteiger charge is 2.35. The van der Waals surface area contributed by atoms with Crippen molar-refractivity contribution in [2.75, 3.05) is 10.6 Å². The largest absolute Gasteiger partial charge is 0.507 e. The normalized spacial score (nSPS) is 13.5. The highest BCUT2D eigenvalue weighted by molar-refractivity contribution is 6.27. The maximum atomic E-state index is 13.6. The second-order valence-corrected chi connectivity index (χ2v) is 8.41. The quantitative estimate of drug-likeness (QED) is 0.199. The second-order valence-electron chi connectivity index (χ2n) is 8.41.